The van der Waals surface area contributed by atoms with Gasteiger partial charge in [-0.3, -0.25) is 14.1 Å². The molecule has 0 fully saturated rings. The van der Waals surface area contributed by atoms with E-state index < -0.39 is 32.3 Å². The number of nitrogens with zero attached hydrogens (tertiary/aromatic N) is 1. The molecule has 0 radical (unpaired) electrons. The topological polar surface area (TPSA) is 127 Å². The van der Waals surface area contributed by atoms with Crippen molar-refractivity contribution in [1.82, 2.24) is 4.98 Å². The molecule has 1 aliphatic carbocycles. The summed E-state index contributed by atoms with van der Waals surface area (Å²) in [5.41, 5.74) is 6.44. The smallest absolute Gasteiger partial charge is 0.296 e. The van der Waals surface area contributed by atoms with Gasteiger partial charge in [0.15, 0.2) is 15.9 Å². The molecule has 5 rings (SSSR count). The van der Waals surface area contributed by atoms with Gasteiger partial charge in [-0.1, -0.05) is 48.2 Å². The van der Waals surface area contributed by atoms with E-state index in [0.717, 1.165) is 28.0 Å². The van der Waals surface area contributed by atoms with E-state index in [2.05, 4.69) is 4.98 Å². The molecule has 3 aromatic carbocycles. The Morgan fingerprint density at radius 2 is 1.55 bits per heavy atom. The summed E-state index contributed by atoms with van der Waals surface area (Å²) in [6, 6.07) is 14.8. The molecule has 1 aromatic heterocycles. The highest BCUT2D eigenvalue weighted by Gasteiger charge is 2.36. The molecule has 0 unspecified atom stereocenters. The Morgan fingerprint density at radius 3 is 2.19 bits per heavy atom. The molecule has 0 bridgehead atoms. The Kier molecular flexibility index (Phi) is 4.48. The first-order valence-electron chi connectivity index (χ1n) is 8.91. The van der Waals surface area contributed by atoms with Gasteiger partial charge in [0.1, 0.15) is 4.90 Å². The summed E-state index contributed by atoms with van der Waals surface area (Å²) in [5, 5.41) is 0. The molecule has 10 heteroatoms. The normalized spacial score (nSPS) is 13.3. The van der Waals surface area contributed by atoms with Gasteiger partial charge in [-0.05, 0) is 18.2 Å². The number of aromatic nitrogens is 1. The van der Waals surface area contributed by atoms with Crippen LogP contribution >= 0.6 is 23.1 Å². The van der Waals surface area contributed by atoms with E-state index >= 15 is 0 Å². The van der Waals surface area contributed by atoms with Crippen LogP contribution in [0.3, 0.4) is 0 Å². The minimum atomic E-state index is -4.74. The van der Waals surface area contributed by atoms with Gasteiger partial charge in [0.05, 0.1) is 21.5 Å². The van der Waals surface area contributed by atoms with Crippen LogP contribution in [0, 0.1) is 0 Å². The Labute approximate surface area is 184 Å². The largest absolute Gasteiger partial charge is 0.397 e. The fraction of sp³-hybridized carbons (Fsp3) is 0. The van der Waals surface area contributed by atoms with Crippen LogP contribution in [0.25, 0.3) is 10.2 Å². The predicted molar refractivity (Wildman–Crippen MR) is 118 cm³/mol. The van der Waals surface area contributed by atoms with E-state index in [4.69, 9.17) is 5.73 Å². The van der Waals surface area contributed by atoms with E-state index in [1.54, 1.807) is 12.1 Å². The van der Waals surface area contributed by atoms with Crippen LogP contribution in [0.1, 0.15) is 31.8 Å². The van der Waals surface area contributed by atoms with Crippen molar-refractivity contribution in [1.29, 1.82) is 0 Å². The quantitative estimate of drug-likeness (QED) is 0.300. The molecular weight excluding hydrogens is 456 g/mol. The molecule has 154 valence electrons. The van der Waals surface area contributed by atoms with Gasteiger partial charge in [-0.2, -0.15) is 8.42 Å². The number of benzene rings is 3. The van der Waals surface area contributed by atoms with E-state index in [9.17, 15) is 22.6 Å². The maximum atomic E-state index is 13.3. The summed E-state index contributed by atoms with van der Waals surface area (Å²) < 4.78 is 35.1. The fourth-order valence-electron chi connectivity index (χ4n) is 3.54. The maximum Gasteiger partial charge on any atom is 0.296 e. The number of ketones is 2. The predicted octanol–water partition coefficient (Wildman–Crippen LogP) is 4.05. The van der Waals surface area contributed by atoms with Crippen molar-refractivity contribution in [2.75, 3.05) is 5.73 Å². The lowest BCUT2D eigenvalue weighted by atomic mass is 9.83. The van der Waals surface area contributed by atoms with Crippen LogP contribution in [0.5, 0.6) is 0 Å². The van der Waals surface area contributed by atoms with Crippen LogP contribution in [0.15, 0.2) is 68.7 Å². The SMILES string of the molecule is Nc1c(S(=O)(=O)O)cc(Sc2nc3ccccc3s2)c2c1C(=O)c1ccccc1C2=O. The van der Waals surface area contributed by atoms with Gasteiger partial charge in [-0.25, -0.2) is 4.98 Å². The molecule has 7 nitrogen and oxygen atoms in total. The van der Waals surface area contributed by atoms with Crippen LogP contribution < -0.4 is 5.73 Å². The molecule has 0 spiro atoms. The second-order valence-electron chi connectivity index (χ2n) is 6.76. The third-order valence-corrected chi connectivity index (χ3v) is 7.95. The van der Waals surface area contributed by atoms with E-state index in [-0.39, 0.29) is 27.1 Å². The standard InChI is InChI=1S/C21H12N2O5S3/c22-18-15(31(26,27)28)9-14(30-21-23-12-7-3-4-8-13(12)29-21)16-17(18)20(25)11-6-2-1-5-10(11)19(16)24/h1-9H,22H2,(H,26,27,28). The molecule has 31 heavy (non-hydrogen) atoms. The minimum Gasteiger partial charge on any atom is -0.397 e. The number of hydrogen-bond donors (Lipinski definition) is 2. The zero-order chi connectivity index (χ0) is 21.9. The van der Waals surface area contributed by atoms with Gasteiger partial charge >= 0.3 is 0 Å². The number of para-hydroxylation sites is 1. The van der Waals surface area contributed by atoms with Crippen LogP contribution in [-0.2, 0) is 10.1 Å². The molecule has 1 heterocycles. The first kappa shape index (κ1) is 19.9. The van der Waals surface area contributed by atoms with Gasteiger partial charge < -0.3 is 5.73 Å². The Morgan fingerprint density at radius 1 is 0.935 bits per heavy atom. The van der Waals surface area contributed by atoms with Crippen LogP contribution in [0.2, 0.25) is 0 Å². The molecule has 0 saturated heterocycles. The van der Waals surface area contributed by atoms with Gasteiger partial charge in [0.25, 0.3) is 10.1 Å². The molecular formula is C21H12N2O5S3. The summed E-state index contributed by atoms with van der Waals surface area (Å²) in [5.74, 6) is -1.01. The summed E-state index contributed by atoms with van der Waals surface area (Å²) in [7, 11) is -4.74. The first-order valence-corrected chi connectivity index (χ1v) is 12.0. The minimum absolute atomic E-state index is 0.0119. The molecule has 0 aliphatic heterocycles. The third kappa shape index (κ3) is 3.15. The summed E-state index contributed by atoms with van der Waals surface area (Å²) in [6.45, 7) is 0. The summed E-state index contributed by atoms with van der Waals surface area (Å²) >= 11 is 2.41. The van der Waals surface area contributed by atoms with Gasteiger partial charge in [0, 0.05) is 21.6 Å². The lowest BCUT2D eigenvalue weighted by Crippen LogP contribution is -2.24. The number of carbonyl (C=O) groups is 2. The number of carbonyl (C=O) groups excluding carboxylic acids is 2. The van der Waals surface area contributed by atoms with E-state index in [1.165, 1.54) is 23.5 Å². The van der Waals surface area contributed by atoms with Gasteiger partial charge in [-0.15, -0.1) is 11.3 Å². The monoisotopic (exact) mass is 468 g/mol. The lowest BCUT2D eigenvalue weighted by Gasteiger charge is -2.22. The van der Waals surface area contributed by atoms with Crippen molar-refractivity contribution < 1.29 is 22.6 Å². The third-order valence-electron chi connectivity index (χ3n) is 4.91. The zero-order valence-corrected chi connectivity index (χ0v) is 18.0. The molecule has 0 amide bonds. The molecule has 3 N–H and O–H groups in total. The maximum absolute atomic E-state index is 13.3. The summed E-state index contributed by atoms with van der Waals surface area (Å²) in [6.07, 6.45) is 0. The van der Waals surface area contributed by atoms with Crippen molar-refractivity contribution in [2.24, 2.45) is 0 Å². The number of thiazole rings is 1. The number of hydrogen-bond acceptors (Lipinski definition) is 8. The van der Waals surface area contributed by atoms with E-state index in [0.29, 0.717) is 4.34 Å². The van der Waals surface area contributed by atoms with Crippen molar-refractivity contribution >= 4 is 60.7 Å². The highest BCUT2D eigenvalue weighted by atomic mass is 32.2. The average molecular weight is 469 g/mol. The highest BCUT2D eigenvalue weighted by Crippen LogP contribution is 2.43. The zero-order valence-electron chi connectivity index (χ0n) is 15.5. The molecule has 1 aliphatic rings. The average Bonchev–Trinajstić information content (AvgIpc) is 3.14. The van der Waals surface area contributed by atoms with Gasteiger partial charge in [0.2, 0.25) is 0 Å². The number of fused-ring (bicyclic) bond motifs is 3. The van der Waals surface area contributed by atoms with Crippen molar-refractivity contribution in [3.05, 3.63) is 76.9 Å². The van der Waals surface area contributed by atoms with Crippen molar-refractivity contribution in [2.45, 2.75) is 14.1 Å². The fourth-order valence-corrected chi connectivity index (χ4v) is 6.47. The van der Waals surface area contributed by atoms with Crippen molar-refractivity contribution in [3.63, 3.8) is 0 Å². The van der Waals surface area contributed by atoms with Crippen molar-refractivity contribution in [3.8, 4) is 0 Å². The molecule has 0 atom stereocenters. The molecule has 4 aromatic rings. The molecule has 0 saturated carbocycles. The number of nitrogen functional groups attached to an aromatic ring is 1. The number of anilines is 1. The van der Waals surface area contributed by atoms with Crippen LogP contribution in [-0.4, -0.2) is 29.5 Å². The Bertz CT molecular complexity index is 1510. The lowest BCUT2D eigenvalue weighted by molar-refractivity contribution is 0.0977. The second kappa shape index (κ2) is 6.99. The second-order valence-corrected chi connectivity index (χ2v) is 10.5. The number of nitrogens with two attached hydrogens (primary N) is 1. The highest BCUT2D eigenvalue weighted by molar-refractivity contribution is 8.01. The summed E-state index contributed by atoms with van der Waals surface area (Å²) in [4.78, 5) is 30.5. The Balaban J connectivity index is 1.78. The Hall–Kier alpha value is -3.05. The van der Waals surface area contributed by atoms with Crippen LogP contribution in [0.4, 0.5) is 5.69 Å². The number of rotatable bonds is 3. The first-order chi connectivity index (χ1) is 14.8. The van der Waals surface area contributed by atoms with E-state index in [1.807, 2.05) is 24.3 Å².